The van der Waals surface area contributed by atoms with E-state index in [4.69, 9.17) is 5.73 Å². The zero-order chi connectivity index (χ0) is 13.0. The molecule has 0 saturated heterocycles. The Balaban J connectivity index is 2.68. The normalized spacial score (nSPS) is 12.8. The third kappa shape index (κ3) is 4.19. The Kier molecular flexibility index (Phi) is 4.69. The Hall–Kier alpha value is -1.36. The van der Waals surface area contributed by atoms with E-state index in [1.54, 1.807) is 0 Å². The molecular formula is C12H19F2N3. The van der Waals surface area contributed by atoms with E-state index in [0.717, 1.165) is 19.0 Å². The van der Waals surface area contributed by atoms with Gasteiger partial charge in [-0.15, -0.1) is 0 Å². The van der Waals surface area contributed by atoms with Gasteiger partial charge in [-0.05, 0) is 40.1 Å². The number of nitrogen functional groups attached to an aromatic ring is 1. The minimum atomic E-state index is -0.729. The summed E-state index contributed by atoms with van der Waals surface area (Å²) in [6.07, 6.45) is 0.866. The molecule has 0 fully saturated rings. The van der Waals surface area contributed by atoms with Gasteiger partial charge in [0.25, 0.3) is 0 Å². The minimum absolute atomic E-state index is 0.0388. The second kappa shape index (κ2) is 5.82. The Morgan fingerprint density at radius 1 is 1.35 bits per heavy atom. The fourth-order valence-electron chi connectivity index (χ4n) is 1.49. The standard InChI is InChI=1S/C12H19F2N3/c1-8(4-5-17(2)3)16-11-7-9(13)6-10(14)12(11)15/h6-8,16H,4-5,15H2,1-3H3. The van der Waals surface area contributed by atoms with Crippen LogP contribution in [0.5, 0.6) is 0 Å². The zero-order valence-electron chi connectivity index (χ0n) is 10.4. The van der Waals surface area contributed by atoms with Crippen molar-refractivity contribution in [3.63, 3.8) is 0 Å². The first-order valence-electron chi connectivity index (χ1n) is 5.56. The van der Waals surface area contributed by atoms with Crippen molar-refractivity contribution in [2.75, 3.05) is 31.7 Å². The van der Waals surface area contributed by atoms with Crippen molar-refractivity contribution >= 4 is 11.4 Å². The molecule has 3 nitrogen and oxygen atoms in total. The maximum Gasteiger partial charge on any atom is 0.151 e. The van der Waals surface area contributed by atoms with Gasteiger partial charge in [-0.2, -0.15) is 0 Å². The lowest BCUT2D eigenvalue weighted by Gasteiger charge is -2.19. The summed E-state index contributed by atoms with van der Waals surface area (Å²) in [6, 6.07) is 2.09. The number of anilines is 2. The number of hydrogen-bond acceptors (Lipinski definition) is 3. The molecule has 3 N–H and O–H groups in total. The second-order valence-electron chi connectivity index (χ2n) is 4.49. The molecule has 0 aromatic heterocycles. The Labute approximate surface area is 101 Å². The van der Waals surface area contributed by atoms with Crippen LogP contribution in [0.3, 0.4) is 0 Å². The van der Waals surface area contributed by atoms with Crippen molar-refractivity contribution in [1.82, 2.24) is 4.90 Å². The largest absolute Gasteiger partial charge is 0.395 e. The van der Waals surface area contributed by atoms with E-state index in [0.29, 0.717) is 5.69 Å². The van der Waals surface area contributed by atoms with Gasteiger partial charge in [-0.25, -0.2) is 8.78 Å². The van der Waals surface area contributed by atoms with Crippen LogP contribution in [0.25, 0.3) is 0 Å². The van der Waals surface area contributed by atoms with E-state index < -0.39 is 11.6 Å². The predicted molar refractivity (Wildman–Crippen MR) is 67.0 cm³/mol. The molecule has 96 valence electrons. The van der Waals surface area contributed by atoms with Crippen molar-refractivity contribution in [1.29, 1.82) is 0 Å². The SMILES string of the molecule is CC(CCN(C)C)Nc1cc(F)cc(F)c1N. The average molecular weight is 243 g/mol. The number of rotatable bonds is 5. The van der Waals surface area contributed by atoms with Crippen LogP contribution < -0.4 is 11.1 Å². The topological polar surface area (TPSA) is 41.3 Å². The van der Waals surface area contributed by atoms with Crippen LogP contribution in [0.15, 0.2) is 12.1 Å². The molecule has 1 atom stereocenters. The van der Waals surface area contributed by atoms with Crippen molar-refractivity contribution in [2.45, 2.75) is 19.4 Å². The molecule has 1 aromatic carbocycles. The summed E-state index contributed by atoms with van der Waals surface area (Å²) in [5, 5.41) is 3.02. The summed E-state index contributed by atoms with van der Waals surface area (Å²) in [5.74, 6) is -1.36. The molecule has 0 saturated carbocycles. The van der Waals surface area contributed by atoms with Gasteiger partial charge in [-0.1, -0.05) is 0 Å². The molecule has 1 unspecified atom stereocenters. The monoisotopic (exact) mass is 243 g/mol. The predicted octanol–water partition coefficient (Wildman–Crippen LogP) is 2.30. The molecule has 0 radical (unpaired) electrons. The second-order valence-corrected chi connectivity index (χ2v) is 4.49. The highest BCUT2D eigenvalue weighted by Crippen LogP contribution is 2.24. The first kappa shape index (κ1) is 13.7. The van der Waals surface area contributed by atoms with Crippen LogP contribution in [0, 0.1) is 11.6 Å². The van der Waals surface area contributed by atoms with Crippen molar-refractivity contribution in [3.05, 3.63) is 23.8 Å². The summed E-state index contributed by atoms with van der Waals surface area (Å²) in [7, 11) is 3.95. The summed E-state index contributed by atoms with van der Waals surface area (Å²) in [6.45, 7) is 2.84. The quantitative estimate of drug-likeness (QED) is 0.780. The van der Waals surface area contributed by atoms with E-state index in [-0.39, 0.29) is 11.7 Å². The van der Waals surface area contributed by atoms with Gasteiger partial charge in [0, 0.05) is 12.1 Å². The average Bonchev–Trinajstić information content (AvgIpc) is 2.22. The number of nitrogens with zero attached hydrogens (tertiary/aromatic N) is 1. The first-order valence-corrected chi connectivity index (χ1v) is 5.56. The number of nitrogens with one attached hydrogen (secondary N) is 1. The fourth-order valence-corrected chi connectivity index (χ4v) is 1.49. The number of hydrogen-bond donors (Lipinski definition) is 2. The van der Waals surface area contributed by atoms with Gasteiger partial charge in [0.05, 0.1) is 11.4 Å². The van der Waals surface area contributed by atoms with Crippen molar-refractivity contribution < 1.29 is 8.78 Å². The molecule has 1 aromatic rings. The molecule has 0 amide bonds. The molecular weight excluding hydrogens is 224 g/mol. The maximum absolute atomic E-state index is 13.2. The smallest absolute Gasteiger partial charge is 0.151 e. The molecule has 0 aliphatic carbocycles. The van der Waals surface area contributed by atoms with Gasteiger partial charge < -0.3 is 16.0 Å². The molecule has 0 aliphatic rings. The lowest BCUT2D eigenvalue weighted by Crippen LogP contribution is -2.23. The summed E-state index contributed by atoms with van der Waals surface area (Å²) in [4.78, 5) is 2.05. The first-order chi connectivity index (χ1) is 7.90. The van der Waals surface area contributed by atoms with E-state index in [1.807, 2.05) is 25.9 Å². The molecule has 5 heteroatoms. The Morgan fingerprint density at radius 2 is 2.00 bits per heavy atom. The van der Waals surface area contributed by atoms with E-state index in [9.17, 15) is 8.78 Å². The van der Waals surface area contributed by atoms with Crippen LogP contribution in [0.1, 0.15) is 13.3 Å². The third-order valence-electron chi connectivity index (χ3n) is 2.51. The van der Waals surface area contributed by atoms with Crippen LogP contribution >= 0.6 is 0 Å². The van der Waals surface area contributed by atoms with Gasteiger partial charge in [0.15, 0.2) is 5.82 Å². The van der Waals surface area contributed by atoms with Gasteiger partial charge in [-0.3, -0.25) is 0 Å². The molecule has 0 aliphatic heterocycles. The van der Waals surface area contributed by atoms with E-state index >= 15 is 0 Å². The summed E-state index contributed by atoms with van der Waals surface area (Å²) >= 11 is 0. The van der Waals surface area contributed by atoms with Gasteiger partial charge >= 0.3 is 0 Å². The summed E-state index contributed by atoms with van der Waals surface area (Å²) in [5.41, 5.74) is 5.82. The zero-order valence-corrected chi connectivity index (χ0v) is 10.4. The fraction of sp³-hybridized carbons (Fsp3) is 0.500. The maximum atomic E-state index is 13.2. The molecule has 0 spiro atoms. The van der Waals surface area contributed by atoms with Crippen molar-refractivity contribution in [2.24, 2.45) is 0 Å². The lowest BCUT2D eigenvalue weighted by molar-refractivity contribution is 0.390. The molecule has 1 rings (SSSR count). The molecule has 17 heavy (non-hydrogen) atoms. The highest BCUT2D eigenvalue weighted by atomic mass is 19.1. The molecule has 0 heterocycles. The van der Waals surface area contributed by atoms with Crippen LogP contribution in [-0.4, -0.2) is 31.6 Å². The molecule has 0 bridgehead atoms. The van der Waals surface area contributed by atoms with E-state index in [2.05, 4.69) is 5.32 Å². The van der Waals surface area contributed by atoms with Crippen LogP contribution in [-0.2, 0) is 0 Å². The third-order valence-corrected chi connectivity index (χ3v) is 2.51. The minimum Gasteiger partial charge on any atom is -0.395 e. The lowest BCUT2D eigenvalue weighted by atomic mass is 10.2. The number of nitrogens with two attached hydrogens (primary N) is 1. The Morgan fingerprint density at radius 3 is 2.59 bits per heavy atom. The number of benzene rings is 1. The summed E-state index contributed by atoms with van der Waals surface area (Å²) < 4.78 is 26.2. The Bertz CT molecular complexity index is 380. The highest BCUT2D eigenvalue weighted by Gasteiger charge is 2.10. The van der Waals surface area contributed by atoms with Crippen LogP contribution in [0.2, 0.25) is 0 Å². The van der Waals surface area contributed by atoms with Crippen molar-refractivity contribution in [3.8, 4) is 0 Å². The highest BCUT2D eigenvalue weighted by molar-refractivity contribution is 5.67. The van der Waals surface area contributed by atoms with E-state index in [1.165, 1.54) is 6.07 Å². The number of halogens is 2. The van der Waals surface area contributed by atoms with Gasteiger partial charge in [0.1, 0.15) is 5.82 Å². The van der Waals surface area contributed by atoms with Crippen LogP contribution in [0.4, 0.5) is 20.2 Å². The van der Waals surface area contributed by atoms with Gasteiger partial charge in [0.2, 0.25) is 0 Å².